The van der Waals surface area contributed by atoms with Gasteiger partial charge in [-0.15, -0.1) is 0 Å². The molecule has 1 aromatic carbocycles. The van der Waals surface area contributed by atoms with E-state index in [2.05, 4.69) is 15.1 Å². The number of aromatic amines is 1. The molecule has 3 aromatic rings. The third-order valence-corrected chi connectivity index (χ3v) is 4.72. The Bertz CT molecular complexity index is 1030. The lowest BCUT2D eigenvalue weighted by Crippen LogP contribution is -2.35. The van der Waals surface area contributed by atoms with Crippen molar-refractivity contribution < 1.29 is 9.59 Å². The van der Waals surface area contributed by atoms with E-state index in [1.54, 1.807) is 11.0 Å². The first kappa shape index (κ1) is 15.4. The molecule has 0 spiro atoms. The average molecular weight is 338 g/mol. The Morgan fingerprint density at radius 2 is 2.12 bits per heavy atom. The lowest BCUT2D eigenvalue weighted by molar-refractivity contribution is -0.122. The van der Waals surface area contributed by atoms with Crippen molar-refractivity contribution in [3.8, 4) is 11.5 Å². The quantitative estimate of drug-likeness (QED) is 0.744. The third kappa shape index (κ3) is 2.07. The molecule has 0 atom stereocenters. The van der Waals surface area contributed by atoms with E-state index in [-0.39, 0.29) is 5.91 Å². The topological polar surface area (TPSA) is 110 Å². The van der Waals surface area contributed by atoms with Gasteiger partial charge in [0.05, 0.1) is 22.1 Å². The summed E-state index contributed by atoms with van der Waals surface area (Å²) in [7, 11) is 0. The summed E-state index contributed by atoms with van der Waals surface area (Å²) in [5.41, 5.74) is 8.60. The molecule has 0 bridgehead atoms. The minimum atomic E-state index is -0.653. The van der Waals surface area contributed by atoms with Gasteiger partial charge in [-0.25, -0.2) is 9.78 Å². The lowest BCUT2D eigenvalue weighted by atomic mass is 9.86. The summed E-state index contributed by atoms with van der Waals surface area (Å²) in [6, 6.07) is 4.91. The number of aromatic nitrogens is 4. The summed E-state index contributed by atoms with van der Waals surface area (Å²) in [5, 5.41) is 4.11. The Labute approximate surface area is 143 Å². The molecular formula is C17H18N6O2. The van der Waals surface area contributed by atoms with Crippen LogP contribution >= 0.6 is 0 Å². The zero-order valence-electron chi connectivity index (χ0n) is 14.2. The fourth-order valence-electron chi connectivity index (χ4n) is 3.34. The maximum atomic E-state index is 12.6. The number of primary amides is 1. The summed E-state index contributed by atoms with van der Waals surface area (Å²) in [6.07, 6.45) is 1.49. The SMILES string of the molecule is CCN1C(=O)C(C)(C)c2cc3[nH]c(-c4ccn(C(N)=O)n4)nc3cc21. The van der Waals surface area contributed by atoms with Gasteiger partial charge in [-0.1, -0.05) is 0 Å². The number of hydrogen-bond donors (Lipinski definition) is 2. The van der Waals surface area contributed by atoms with E-state index >= 15 is 0 Å². The van der Waals surface area contributed by atoms with Crippen molar-refractivity contribution >= 4 is 28.7 Å². The standard InChI is InChI=1S/C17H18N6O2/c1-4-22-13-8-12-11(7-9(13)17(2,3)15(22)24)19-14(20-12)10-5-6-23(21-10)16(18)25/h5-8H,4H2,1-3H3,(H2,18,25)(H,19,20). The Balaban J connectivity index is 1.86. The maximum absolute atomic E-state index is 12.6. The predicted octanol–water partition coefficient (Wildman–Crippen LogP) is 2.00. The van der Waals surface area contributed by atoms with Crippen LogP contribution < -0.4 is 10.6 Å². The van der Waals surface area contributed by atoms with E-state index in [0.29, 0.717) is 18.1 Å². The van der Waals surface area contributed by atoms with Crippen LogP contribution in [0, 0.1) is 0 Å². The molecule has 0 fully saturated rings. The Hall–Kier alpha value is -3.16. The molecule has 0 unspecified atom stereocenters. The van der Waals surface area contributed by atoms with Crippen LogP contribution in [0.3, 0.4) is 0 Å². The number of amides is 2. The number of benzene rings is 1. The normalized spacial score (nSPS) is 15.8. The smallest absolute Gasteiger partial charge is 0.339 e. The number of nitrogens with one attached hydrogen (secondary N) is 1. The molecule has 0 radical (unpaired) electrons. The Morgan fingerprint density at radius 1 is 1.36 bits per heavy atom. The molecule has 1 aliphatic rings. The molecule has 0 saturated heterocycles. The van der Waals surface area contributed by atoms with E-state index in [9.17, 15) is 9.59 Å². The number of nitrogens with zero attached hydrogens (tertiary/aromatic N) is 4. The molecule has 0 saturated carbocycles. The number of anilines is 1. The van der Waals surface area contributed by atoms with Gasteiger partial charge in [0, 0.05) is 12.7 Å². The molecule has 3 heterocycles. The van der Waals surface area contributed by atoms with Gasteiger partial charge in [-0.05, 0) is 44.5 Å². The number of H-pyrrole nitrogens is 1. The number of imidazole rings is 1. The molecule has 3 N–H and O–H groups in total. The van der Waals surface area contributed by atoms with Gasteiger partial charge in [-0.3, -0.25) is 4.79 Å². The van der Waals surface area contributed by atoms with E-state index in [1.165, 1.54) is 6.20 Å². The van der Waals surface area contributed by atoms with Gasteiger partial charge in [-0.2, -0.15) is 9.78 Å². The van der Waals surface area contributed by atoms with Crippen LogP contribution in [0.25, 0.3) is 22.6 Å². The number of fused-ring (bicyclic) bond motifs is 2. The van der Waals surface area contributed by atoms with Crippen molar-refractivity contribution in [2.45, 2.75) is 26.2 Å². The van der Waals surface area contributed by atoms with Crippen LogP contribution in [-0.2, 0) is 10.2 Å². The summed E-state index contributed by atoms with van der Waals surface area (Å²) < 4.78 is 1.06. The highest BCUT2D eigenvalue weighted by atomic mass is 16.2. The molecule has 4 rings (SSSR count). The van der Waals surface area contributed by atoms with E-state index in [1.807, 2.05) is 32.9 Å². The van der Waals surface area contributed by atoms with Crippen LogP contribution in [0.2, 0.25) is 0 Å². The molecule has 1 aliphatic heterocycles. The van der Waals surface area contributed by atoms with Crippen LogP contribution in [-0.4, -0.2) is 38.2 Å². The third-order valence-electron chi connectivity index (χ3n) is 4.72. The fraction of sp³-hybridized carbons (Fsp3) is 0.294. The number of carbonyl (C=O) groups excluding carboxylic acids is 2. The van der Waals surface area contributed by atoms with Gasteiger partial charge < -0.3 is 15.6 Å². The maximum Gasteiger partial charge on any atom is 0.339 e. The first-order chi connectivity index (χ1) is 11.8. The zero-order chi connectivity index (χ0) is 17.9. The second-order valence-corrected chi connectivity index (χ2v) is 6.63. The number of nitrogens with two attached hydrogens (primary N) is 1. The van der Waals surface area contributed by atoms with Crippen molar-refractivity contribution in [3.05, 3.63) is 30.0 Å². The second kappa shape index (κ2) is 4.92. The van der Waals surface area contributed by atoms with Gasteiger partial charge in [0.15, 0.2) is 5.82 Å². The zero-order valence-corrected chi connectivity index (χ0v) is 14.2. The predicted molar refractivity (Wildman–Crippen MR) is 93.3 cm³/mol. The average Bonchev–Trinajstić information content (AvgIpc) is 3.23. The van der Waals surface area contributed by atoms with Crippen molar-refractivity contribution in [1.82, 2.24) is 19.7 Å². The first-order valence-electron chi connectivity index (χ1n) is 8.05. The number of carbonyl (C=O) groups is 2. The van der Waals surface area contributed by atoms with Crippen LogP contribution in [0.4, 0.5) is 10.5 Å². The van der Waals surface area contributed by atoms with Crippen molar-refractivity contribution in [3.63, 3.8) is 0 Å². The van der Waals surface area contributed by atoms with E-state index in [0.717, 1.165) is 27.0 Å². The van der Waals surface area contributed by atoms with Crippen molar-refractivity contribution in [2.24, 2.45) is 5.73 Å². The monoisotopic (exact) mass is 338 g/mol. The minimum Gasteiger partial charge on any atom is -0.350 e. The Kier molecular flexibility index (Phi) is 3.02. The highest BCUT2D eigenvalue weighted by Crippen LogP contribution is 2.43. The first-order valence-corrected chi connectivity index (χ1v) is 8.05. The summed E-state index contributed by atoms with van der Waals surface area (Å²) in [4.78, 5) is 33.3. The number of likely N-dealkylation sites (N-methyl/N-ethyl adjacent to an activating group) is 1. The Morgan fingerprint density at radius 3 is 2.76 bits per heavy atom. The largest absolute Gasteiger partial charge is 0.350 e. The minimum absolute atomic E-state index is 0.0954. The van der Waals surface area contributed by atoms with E-state index < -0.39 is 11.4 Å². The van der Waals surface area contributed by atoms with Gasteiger partial charge in [0.2, 0.25) is 5.91 Å². The molecule has 0 aliphatic carbocycles. The van der Waals surface area contributed by atoms with Crippen LogP contribution in [0.1, 0.15) is 26.3 Å². The molecule has 2 aromatic heterocycles. The molecule has 2 amide bonds. The van der Waals surface area contributed by atoms with Crippen molar-refractivity contribution in [2.75, 3.05) is 11.4 Å². The van der Waals surface area contributed by atoms with Gasteiger partial charge >= 0.3 is 6.03 Å². The molecular weight excluding hydrogens is 320 g/mol. The van der Waals surface area contributed by atoms with Gasteiger partial charge in [0.1, 0.15) is 5.69 Å². The summed E-state index contributed by atoms with van der Waals surface area (Å²) in [6.45, 7) is 6.43. The van der Waals surface area contributed by atoms with Gasteiger partial charge in [0.25, 0.3) is 0 Å². The molecule has 8 nitrogen and oxygen atoms in total. The fourth-order valence-corrected chi connectivity index (χ4v) is 3.34. The second-order valence-electron chi connectivity index (χ2n) is 6.63. The summed E-state index contributed by atoms with van der Waals surface area (Å²) in [5.74, 6) is 0.643. The lowest BCUT2D eigenvalue weighted by Gasteiger charge is -2.18. The van der Waals surface area contributed by atoms with E-state index in [4.69, 9.17) is 5.73 Å². The molecule has 8 heteroatoms. The highest BCUT2D eigenvalue weighted by Gasteiger charge is 2.43. The molecule has 128 valence electrons. The number of hydrogen-bond acceptors (Lipinski definition) is 4. The van der Waals surface area contributed by atoms with Crippen LogP contribution in [0.15, 0.2) is 24.4 Å². The highest BCUT2D eigenvalue weighted by molar-refractivity contribution is 6.09. The molecule has 25 heavy (non-hydrogen) atoms. The summed E-state index contributed by atoms with van der Waals surface area (Å²) >= 11 is 0. The van der Waals surface area contributed by atoms with Crippen LogP contribution in [0.5, 0.6) is 0 Å². The van der Waals surface area contributed by atoms with Crippen molar-refractivity contribution in [1.29, 1.82) is 0 Å². The number of rotatable bonds is 2.